The normalized spacial score (nSPS) is 16.8. The van der Waals surface area contributed by atoms with Crippen LogP contribution in [0.2, 0.25) is 0 Å². The zero-order chi connectivity index (χ0) is 16.8. The van der Waals surface area contributed by atoms with E-state index in [1.165, 1.54) is 14.0 Å². The van der Waals surface area contributed by atoms with E-state index < -0.39 is 0 Å². The second kappa shape index (κ2) is 7.62. The Morgan fingerprint density at radius 3 is 2.57 bits per heavy atom. The van der Waals surface area contributed by atoms with E-state index in [9.17, 15) is 14.4 Å². The van der Waals surface area contributed by atoms with Crippen LogP contribution < -0.4 is 10.6 Å². The minimum absolute atomic E-state index is 0.0414. The molecule has 7 nitrogen and oxygen atoms in total. The molecule has 0 radical (unpaired) electrons. The quantitative estimate of drug-likeness (QED) is 0.871. The summed E-state index contributed by atoms with van der Waals surface area (Å²) in [4.78, 5) is 36.0. The number of nitrogens with one attached hydrogen (secondary N) is 2. The van der Waals surface area contributed by atoms with E-state index in [0.29, 0.717) is 18.8 Å². The van der Waals surface area contributed by atoms with Crippen molar-refractivity contribution in [3.8, 4) is 0 Å². The zero-order valence-electron chi connectivity index (χ0n) is 13.3. The van der Waals surface area contributed by atoms with Crippen LogP contribution in [-0.4, -0.2) is 49.0 Å². The van der Waals surface area contributed by atoms with Crippen molar-refractivity contribution in [3.05, 3.63) is 29.8 Å². The number of carbonyl (C=O) groups excluding carboxylic acids is 3. The van der Waals surface area contributed by atoms with Crippen molar-refractivity contribution in [3.63, 3.8) is 0 Å². The van der Waals surface area contributed by atoms with Gasteiger partial charge in [0, 0.05) is 31.7 Å². The van der Waals surface area contributed by atoms with Gasteiger partial charge in [0.25, 0.3) is 0 Å². The summed E-state index contributed by atoms with van der Waals surface area (Å²) in [5.41, 5.74) is 1.56. The second-order valence-corrected chi connectivity index (χ2v) is 5.52. The number of ether oxygens (including phenoxy) is 1. The fourth-order valence-electron chi connectivity index (χ4n) is 2.55. The van der Waals surface area contributed by atoms with Gasteiger partial charge in [-0.2, -0.15) is 0 Å². The average Bonchev–Trinajstić information content (AvgIpc) is 2.96. The van der Waals surface area contributed by atoms with Gasteiger partial charge < -0.3 is 20.3 Å². The van der Waals surface area contributed by atoms with Gasteiger partial charge >= 0.3 is 6.09 Å². The number of methoxy groups -OCH3 is 1. The number of benzene rings is 1. The third-order valence-electron chi connectivity index (χ3n) is 3.63. The molecule has 0 unspecified atom stereocenters. The summed E-state index contributed by atoms with van der Waals surface area (Å²) >= 11 is 0. The highest BCUT2D eigenvalue weighted by Gasteiger charge is 2.27. The van der Waals surface area contributed by atoms with E-state index >= 15 is 0 Å². The van der Waals surface area contributed by atoms with Crippen LogP contribution in [0.3, 0.4) is 0 Å². The van der Waals surface area contributed by atoms with Crippen LogP contribution in [0.25, 0.3) is 0 Å². The van der Waals surface area contributed by atoms with E-state index in [1.807, 2.05) is 0 Å². The Morgan fingerprint density at radius 2 is 1.96 bits per heavy atom. The molecule has 0 bridgehead atoms. The van der Waals surface area contributed by atoms with E-state index in [1.54, 1.807) is 29.2 Å². The lowest BCUT2D eigenvalue weighted by Gasteiger charge is -2.15. The first-order valence-electron chi connectivity index (χ1n) is 7.46. The molecule has 0 spiro atoms. The lowest BCUT2D eigenvalue weighted by atomic mass is 10.1. The molecule has 2 N–H and O–H groups in total. The van der Waals surface area contributed by atoms with Crippen molar-refractivity contribution in [1.29, 1.82) is 0 Å². The monoisotopic (exact) mass is 319 g/mol. The Bertz CT molecular complexity index is 585. The Morgan fingerprint density at radius 1 is 1.26 bits per heavy atom. The summed E-state index contributed by atoms with van der Waals surface area (Å²) in [7, 11) is 1.35. The first-order valence-corrected chi connectivity index (χ1v) is 7.46. The molecule has 0 saturated carbocycles. The minimum Gasteiger partial charge on any atom is -0.453 e. The van der Waals surface area contributed by atoms with Crippen molar-refractivity contribution in [2.24, 2.45) is 0 Å². The van der Waals surface area contributed by atoms with Crippen LogP contribution in [0.4, 0.5) is 10.5 Å². The Balaban J connectivity index is 1.81. The smallest absolute Gasteiger partial charge is 0.409 e. The van der Waals surface area contributed by atoms with Crippen LogP contribution in [0.5, 0.6) is 0 Å². The van der Waals surface area contributed by atoms with E-state index in [0.717, 1.165) is 12.0 Å². The van der Waals surface area contributed by atoms with Gasteiger partial charge in [-0.3, -0.25) is 9.59 Å². The van der Waals surface area contributed by atoms with Gasteiger partial charge in [-0.15, -0.1) is 0 Å². The third kappa shape index (κ3) is 4.98. The van der Waals surface area contributed by atoms with Gasteiger partial charge in [0.05, 0.1) is 13.5 Å². The topological polar surface area (TPSA) is 87.7 Å². The number of hydrogen-bond donors (Lipinski definition) is 2. The molecular formula is C16H21N3O4. The molecule has 0 aromatic heterocycles. The van der Waals surface area contributed by atoms with Crippen molar-refractivity contribution in [2.75, 3.05) is 25.5 Å². The van der Waals surface area contributed by atoms with Crippen LogP contribution >= 0.6 is 0 Å². The van der Waals surface area contributed by atoms with Gasteiger partial charge in [0.1, 0.15) is 0 Å². The van der Waals surface area contributed by atoms with Gasteiger partial charge in [0.15, 0.2) is 0 Å². The molecule has 23 heavy (non-hydrogen) atoms. The number of anilines is 1. The molecule has 3 amide bonds. The largest absolute Gasteiger partial charge is 0.453 e. The summed E-state index contributed by atoms with van der Waals surface area (Å²) in [6.07, 6.45) is 0.618. The summed E-state index contributed by atoms with van der Waals surface area (Å²) in [6.45, 7) is 2.50. The van der Waals surface area contributed by atoms with E-state index in [2.05, 4.69) is 15.4 Å². The molecule has 2 rings (SSSR count). The number of rotatable bonds is 4. The zero-order valence-corrected chi connectivity index (χ0v) is 13.3. The second-order valence-electron chi connectivity index (χ2n) is 5.52. The molecule has 1 aliphatic heterocycles. The number of likely N-dealkylation sites (tertiary alicyclic amines) is 1. The molecule has 1 atom stereocenters. The number of amides is 3. The van der Waals surface area contributed by atoms with Crippen molar-refractivity contribution >= 4 is 23.6 Å². The number of nitrogens with zero attached hydrogens (tertiary/aromatic N) is 1. The van der Waals surface area contributed by atoms with E-state index in [-0.39, 0.29) is 30.4 Å². The first-order chi connectivity index (χ1) is 11.0. The fraction of sp³-hybridized carbons (Fsp3) is 0.438. The predicted octanol–water partition coefficient (Wildman–Crippen LogP) is 1.14. The highest BCUT2D eigenvalue weighted by atomic mass is 16.5. The summed E-state index contributed by atoms with van der Waals surface area (Å²) in [5, 5.41) is 5.60. The lowest BCUT2D eigenvalue weighted by Crippen LogP contribution is -2.39. The molecule has 1 saturated heterocycles. The maximum absolute atomic E-state index is 12.1. The SMILES string of the molecule is COC(=O)N1CC[C@@H](NC(=O)Cc2ccc(NC(C)=O)cc2)C1. The van der Waals surface area contributed by atoms with Crippen LogP contribution in [0.15, 0.2) is 24.3 Å². The maximum Gasteiger partial charge on any atom is 0.409 e. The van der Waals surface area contributed by atoms with Gasteiger partial charge in [0.2, 0.25) is 11.8 Å². The van der Waals surface area contributed by atoms with Crippen LogP contribution in [0, 0.1) is 0 Å². The molecule has 124 valence electrons. The predicted molar refractivity (Wildman–Crippen MR) is 85.0 cm³/mol. The standard InChI is InChI=1S/C16H21N3O4/c1-11(20)17-13-5-3-12(4-6-13)9-15(21)18-14-7-8-19(10-14)16(22)23-2/h3-6,14H,7-10H2,1-2H3,(H,17,20)(H,18,21)/t14-/m1/s1. The molecule has 1 aromatic rings. The lowest BCUT2D eigenvalue weighted by molar-refractivity contribution is -0.121. The Hall–Kier alpha value is -2.57. The molecule has 1 fully saturated rings. The summed E-state index contributed by atoms with van der Waals surface area (Å²) in [6, 6.07) is 7.10. The van der Waals surface area contributed by atoms with Gasteiger partial charge in [-0.1, -0.05) is 12.1 Å². The Labute approximate surface area is 135 Å². The van der Waals surface area contributed by atoms with E-state index in [4.69, 9.17) is 0 Å². The third-order valence-corrected chi connectivity index (χ3v) is 3.63. The maximum atomic E-state index is 12.1. The van der Waals surface area contributed by atoms with Crippen molar-refractivity contribution in [2.45, 2.75) is 25.8 Å². The summed E-state index contributed by atoms with van der Waals surface area (Å²) in [5.74, 6) is -0.221. The Kier molecular flexibility index (Phi) is 5.56. The number of hydrogen-bond acceptors (Lipinski definition) is 4. The fourth-order valence-corrected chi connectivity index (χ4v) is 2.55. The molecular weight excluding hydrogens is 298 g/mol. The summed E-state index contributed by atoms with van der Waals surface area (Å²) < 4.78 is 4.67. The van der Waals surface area contributed by atoms with Gasteiger partial charge in [-0.05, 0) is 24.1 Å². The average molecular weight is 319 g/mol. The molecule has 7 heteroatoms. The van der Waals surface area contributed by atoms with Crippen molar-refractivity contribution < 1.29 is 19.1 Å². The van der Waals surface area contributed by atoms with Crippen molar-refractivity contribution in [1.82, 2.24) is 10.2 Å². The molecule has 1 aromatic carbocycles. The van der Waals surface area contributed by atoms with Gasteiger partial charge in [-0.25, -0.2) is 4.79 Å². The molecule has 1 aliphatic rings. The number of carbonyl (C=O) groups is 3. The van der Waals surface area contributed by atoms with Crippen LogP contribution in [-0.2, 0) is 20.7 Å². The first kappa shape index (κ1) is 16.8. The highest BCUT2D eigenvalue weighted by molar-refractivity contribution is 5.88. The van der Waals surface area contributed by atoms with Crippen LogP contribution in [0.1, 0.15) is 18.9 Å². The molecule has 0 aliphatic carbocycles. The minimum atomic E-state index is -0.365. The molecule has 1 heterocycles. The highest BCUT2D eigenvalue weighted by Crippen LogP contribution is 2.12.